The summed E-state index contributed by atoms with van der Waals surface area (Å²) in [6.45, 7) is 8.64. The Labute approximate surface area is 133 Å². The van der Waals surface area contributed by atoms with E-state index in [0.29, 0.717) is 32.6 Å². The Morgan fingerprint density at radius 3 is 2.14 bits per heavy atom. The zero-order chi connectivity index (χ0) is 16.1. The minimum absolute atomic E-state index is 0.0785. The average molecular weight is 302 g/mol. The van der Waals surface area contributed by atoms with E-state index >= 15 is 0 Å². The lowest BCUT2D eigenvalue weighted by Crippen LogP contribution is -2.52. The lowest BCUT2D eigenvalue weighted by molar-refractivity contribution is -0.141. The maximum Gasteiger partial charge on any atom is 0.227 e. The fourth-order valence-corrected chi connectivity index (χ4v) is 2.65. The van der Waals surface area contributed by atoms with E-state index in [1.54, 1.807) is 0 Å². The Morgan fingerprint density at radius 2 is 1.59 bits per heavy atom. The van der Waals surface area contributed by atoms with Gasteiger partial charge in [-0.25, -0.2) is 0 Å². The molecule has 1 atom stereocenters. The summed E-state index contributed by atoms with van der Waals surface area (Å²) in [5.41, 5.74) is 2.25. The maximum absolute atomic E-state index is 12.3. The van der Waals surface area contributed by atoms with Crippen LogP contribution in [0.1, 0.15) is 31.4 Å². The molecule has 2 rings (SSSR count). The van der Waals surface area contributed by atoms with Gasteiger partial charge in [-0.15, -0.1) is 0 Å². The van der Waals surface area contributed by atoms with Gasteiger partial charge in [0.25, 0.3) is 0 Å². The monoisotopic (exact) mass is 302 g/mol. The molecule has 22 heavy (non-hydrogen) atoms. The second-order valence-electron chi connectivity index (χ2n) is 6.18. The molecule has 1 aromatic carbocycles. The quantitative estimate of drug-likeness (QED) is 0.856. The third-order valence-corrected chi connectivity index (χ3v) is 4.45. The van der Waals surface area contributed by atoms with Crippen molar-refractivity contribution in [2.75, 3.05) is 26.2 Å². The number of hydrogen-bond donors (Lipinski definition) is 0. The number of amides is 2. The molecule has 0 unspecified atom stereocenters. The number of benzene rings is 1. The molecule has 0 saturated carbocycles. The molecule has 2 amide bonds. The molecule has 0 bridgehead atoms. The minimum Gasteiger partial charge on any atom is -0.339 e. The number of carbonyl (C=O) groups excluding carboxylic acids is 2. The van der Waals surface area contributed by atoms with E-state index in [9.17, 15) is 9.59 Å². The van der Waals surface area contributed by atoms with E-state index in [4.69, 9.17) is 0 Å². The summed E-state index contributed by atoms with van der Waals surface area (Å²) in [6, 6.07) is 8.09. The summed E-state index contributed by atoms with van der Waals surface area (Å²) in [5, 5.41) is 0. The average Bonchev–Trinajstić information content (AvgIpc) is 2.55. The first-order chi connectivity index (χ1) is 10.5. The van der Waals surface area contributed by atoms with Gasteiger partial charge in [-0.05, 0) is 18.9 Å². The van der Waals surface area contributed by atoms with Gasteiger partial charge in [0.05, 0.1) is 6.42 Å². The van der Waals surface area contributed by atoms with Gasteiger partial charge in [-0.1, -0.05) is 43.7 Å². The molecule has 120 valence electrons. The fraction of sp³-hybridized carbons (Fsp3) is 0.556. The topological polar surface area (TPSA) is 40.6 Å². The van der Waals surface area contributed by atoms with Crippen molar-refractivity contribution in [3.8, 4) is 0 Å². The molecule has 1 aromatic rings. The standard InChI is InChI=1S/C18H26N2O2/c1-4-15(3)18(22)20-11-9-19(10-12-20)17(21)13-16-7-5-14(2)6-8-16/h5-8,15H,4,9-13H2,1-3H3/t15-/m1/s1. The Kier molecular flexibility index (Phi) is 5.58. The summed E-state index contributed by atoms with van der Waals surface area (Å²) in [6.07, 6.45) is 1.31. The normalized spacial score (nSPS) is 16.5. The maximum atomic E-state index is 12.3. The smallest absolute Gasteiger partial charge is 0.227 e. The first kappa shape index (κ1) is 16.5. The molecule has 0 aliphatic carbocycles. The van der Waals surface area contributed by atoms with Crippen LogP contribution in [0.5, 0.6) is 0 Å². The van der Waals surface area contributed by atoms with Crippen LogP contribution in [-0.2, 0) is 16.0 Å². The molecule has 0 radical (unpaired) electrons. The molecule has 4 heteroatoms. The first-order valence-corrected chi connectivity index (χ1v) is 8.13. The zero-order valence-corrected chi connectivity index (χ0v) is 13.8. The van der Waals surface area contributed by atoms with Crippen molar-refractivity contribution < 1.29 is 9.59 Å². The molecule has 0 spiro atoms. The molecule has 1 aliphatic heterocycles. The molecular weight excluding hydrogens is 276 g/mol. The van der Waals surface area contributed by atoms with Crippen LogP contribution < -0.4 is 0 Å². The summed E-state index contributed by atoms with van der Waals surface area (Å²) in [7, 11) is 0. The van der Waals surface area contributed by atoms with E-state index in [0.717, 1.165) is 12.0 Å². The highest BCUT2D eigenvalue weighted by molar-refractivity contribution is 5.80. The van der Waals surface area contributed by atoms with Crippen LogP contribution in [0.4, 0.5) is 0 Å². The summed E-state index contributed by atoms with van der Waals surface area (Å²) >= 11 is 0. The van der Waals surface area contributed by atoms with Gasteiger partial charge in [0, 0.05) is 32.1 Å². The Balaban J connectivity index is 1.84. The van der Waals surface area contributed by atoms with Gasteiger partial charge >= 0.3 is 0 Å². The van der Waals surface area contributed by atoms with Gasteiger partial charge in [0.2, 0.25) is 11.8 Å². The first-order valence-electron chi connectivity index (χ1n) is 8.13. The molecule has 4 nitrogen and oxygen atoms in total. The lowest BCUT2D eigenvalue weighted by Gasteiger charge is -2.36. The molecule has 0 N–H and O–H groups in total. The number of hydrogen-bond acceptors (Lipinski definition) is 2. The number of aryl methyl sites for hydroxylation is 1. The van der Waals surface area contributed by atoms with Crippen molar-refractivity contribution in [1.82, 2.24) is 9.80 Å². The largest absolute Gasteiger partial charge is 0.339 e. The van der Waals surface area contributed by atoms with Gasteiger partial charge in [-0.3, -0.25) is 9.59 Å². The number of carbonyl (C=O) groups is 2. The van der Waals surface area contributed by atoms with Gasteiger partial charge < -0.3 is 9.80 Å². The predicted molar refractivity (Wildman–Crippen MR) is 87.5 cm³/mol. The van der Waals surface area contributed by atoms with Gasteiger partial charge in [-0.2, -0.15) is 0 Å². The molecular formula is C18H26N2O2. The van der Waals surface area contributed by atoms with Crippen molar-refractivity contribution in [3.05, 3.63) is 35.4 Å². The minimum atomic E-state index is 0.0785. The third kappa shape index (κ3) is 4.09. The van der Waals surface area contributed by atoms with Crippen LogP contribution >= 0.6 is 0 Å². The predicted octanol–water partition coefficient (Wildman–Crippen LogP) is 2.25. The van der Waals surface area contributed by atoms with Crippen molar-refractivity contribution in [2.24, 2.45) is 5.92 Å². The summed E-state index contributed by atoms with van der Waals surface area (Å²) in [4.78, 5) is 28.3. The Bertz CT molecular complexity index is 516. The molecule has 0 aromatic heterocycles. The van der Waals surface area contributed by atoms with Gasteiger partial charge in [0.15, 0.2) is 0 Å². The van der Waals surface area contributed by atoms with Crippen molar-refractivity contribution >= 4 is 11.8 Å². The second kappa shape index (κ2) is 7.43. The molecule has 1 heterocycles. The molecule has 1 aliphatic rings. The Morgan fingerprint density at radius 1 is 1.05 bits per heavy atom. The SMILES string of the molecule is CC[C@@H](C)C(=O)N1CCN(C(=O)Cc2ccc(C)cc2)CC1. The highest BCUT2D eigenvalue weighted by atomic mass is 16.2. The van der Waals surface area contributed by atoms with Crippen molar-refractivity contribution in [1.29, 1.82) is 0 Å². The van der Waals surface area contributed by atoms with Crippen LogP contribution in [-0.4, -0.2) is 47.8 Å². The lowest BCUT2D eigenvalue weighted by atomic mass is 10.1. The highest BCUT2D eigenvalue weighted by Crippen LogP contribution is 2.12. The van der Waals surface area contributed by atoms with Crippen LogP contribution in [0.15, 0.2) is 24.3 Å². The third-order valence-electron chi connectivity index (χ3n) is 4.45. The van der Waals surface area contributed by atoms with Crippen LogP contribution in [0.25, 0.3) is 0 Å². The van der Waals surface area contributed by atoms with E-state index in [1.807, 2.05) is 54.8 Å². The van der Waals surface area contributed by atoms with Crippen molar-refractivity contribution in [2.45, 2.75) is 33.6 Å². The van der Waals surface area contributed by atoms with E-state index in [-0.39, 0.29) is 17.7 Å². The molecule has 1 fully saturated rings. The fourth-order valence-electron chi connectivity index (χ4n) is 2.65. The van der Waals surface area contributed by atoms with Crippen LogP contribution in [0.3, 0.4) is 0 Å². The zero-order valence-electron chi connectivity index (χ0n) is 13.8. The number of nitrogens with zero attached hydrogens (tertiary/aromatic N) is 2. The summed E-state index contributed by atoms with van der Waals surface area (Å²) in [5.74, 6) is 0.447. The Hall–Kier alpha value is -1.84. The summed E-state index contributed by atoms with van der Waals surface area (Å²) < 4.78 is 0. The van der Waals surface area contributed by atoms with Crippen LogP contribution in [0, 0.1) is 12.8 Å². The van der Waals surface area contributed by atoms with Gasteiger partial charge in [0.1, 0.15) is 0 Å². The van der Waals surface area contributed by atoms with E-state index < -0.39 is 0 Å². The second-order valence-corrected chi connectivity index (χ2v) is 6.18. The van der Waals surface area contributed by atoms with E-state index in [1.165, 1.54) is 5.56 Å². The molecule has 1 saturated heterocycles. The number of rotatable bonds is 4. The number of piperazine rings is 1. The van der Waals surface area contributed by atoms with E-state index in [2.05, 4.69) is 0 Å². The highest BCUT2D eigenvalue weighted by Gasteiger charge is 2.26. The van der Waals surface area contributed by atoms with Crippen LogP contribution in [0.2, 0.25) is 0 Å². The van der Waals surface area contributed by atoms with Crippen molar-refractivity contribution in [3.63, 3.8) is 0 Å².